The van der Waals surface area contributed by atoms with Gasteiger partial charge in [0.1, 0.15) is 0 Å². The summed E-state index contributed by atoms with van der Waals surface area (Å²) in [6.45, 7) is 3.69. The van der Waals surface area contributed by atoms with E-state index in [1.807, 2.05) is 6.08 Å². The Labute approximate surface area is 65.5 Å². The third-order valence-electron chi connectivity index (χ3n) is 1.66. The van der Waals surface area contributed by atoms with Crippen LogP contribution in [0.1, 0.15) is 12.8 Å². The number of hydrogen-bond acceptors (Lipinski definition) is 0. The van der Waals surface area contributed by atoms with E-state index in [1.54, 1.807) is 0 Å². The van der Waals surface area contributed by atoms with Gasteiger partial charge in [-0.15, -0.1) is 0 Å². The number of hydrogen-bond donors (Lipinski definition) is 0. The van der Waals surface area contributed by atoms with Crippen molar-refractivity contribution in [1.82, 2.24) is 0 Å². The molecule has 0 aromatic heterocycles. The summed E-state index contributed by atoms with van der Waals surface area (Å²) in [7, 11) is 0. The van der Waals surface area contributed by atoms with Gasteiger partial charge >= 0.3 is 65.2 Å². The van der Waals surface area contributed by atoms with E-state index in [0.717, 1.165) is 12.8 Å². The molecule has 0 radical (unpaired) electrons. The summed E-state index contributed by atoms with van der Waals surface area (Å²) in [5.41, 5.74) is 1.45. The fraction of sp³-hybridized carbons (Fsp3) is 0.250. The Morgan fingerprint density at radius 2 is 2.56 bits per heavy atom. The summed E-state index contributed by atoms with van der Waals surface area (Å²) < 4.78 is 1.50. The van der Waals surface area contributed by atoms with E-state index in [2.05, 4.69) is 36.4 Å². The van der Waals surface area contributed by atoms with E-state index in [-0.39, 0.29) is 0 Å². The second-order valence-electron chi connectivity index (χ2n) is 2.40. The molecule has 0 aliphatic heterocycles. The van der Waals surface area contributed by atoms with Crippen LogP contribution in [0.15, 0.2) is 34.6 Å². The molecule has 1 heteroatoms. The molecule has 0 aromatic carbocycles. The van der Waals surface area contributed by atoms with Crippen LogP contribution in [0.3, 0.4) is 0 Å². The molecule has 0 atom stereocenters. The zero-order chi connectivity index (χ0) is 6.69. The van der Waals surface area contributed by atoms with Gasteiger partial charge in [-0.2, -0.15) is 0 Å². The van der Waals surface area contributed by atoms with Gasteiger partial charge in [0, 0.05) is 0 Å². The van der Waals surface area contributed by atoms with Crippen molar-refractivity contribution in [2.45, 2.75) is 12.8 Å². The van der Waals surface area contributed by atoms with Crippen LogP contribution >= 0.6 is 0 Å². The summed E-state index contributed by atoms with van der Waals surface area (Å²) in [6, 6.07) is 0. The summed E-state index contributed by atoms with van der Waals surface area (Å²) in [6.07, 6.45) is 8.52. The summed E-state index contributed by atoms with van der Waals surface area (Å²) >= 11 is 2.18. The molecule has 0 heterocycles. The number of allylic oxidation sites excluding steroid dienone is 5. The van der Waals surface area contributed by atoms with Crippen LogP contribution in [0.5, 0.6) is 0 Å². The van der Waals surface area contributed by atoms with Gasteiger partial charge in [-0.05, 0) is 0 Å². The first-order chi connectivity index (χ1) is 4.34. The van der Waals surface area contributed by atoms with Gasteiger partial charge in [0.25, 0.3) is 0 Å². The Kier molecular flexibility index (Phi) is 2.39. The third kappa shape index (κ3) is 1.61. The Balaban J connectivity index is 2.64. The summed E-state index contributed by atoms with van der Waals surface area (Å²) in [5, 5.41) is 0. The maximum atomic E-state index is 3.69. The molecule has 0 aromatic rings. The Hall–Kier alpha value is -0.183. The summed E-state index contributed by atoms with van der Waals surface area (Å²) in [4.78, 5) is 0. The van der Waals surface area contributed by atoms with E-state index in [4.69, 9.17) is 0 Å². The molecule has 9 heavy (non-hydrogen) atoms. The van der Waals surface area contributed by atoms with Crippen LogP contribution in [-0.2, 0) is 0 Å². The Morgan fingerprint density at radius 3 is 3.00 bits per heavy atom. The molecule has 0 saturated heterocycles. The zero-order valence-corrected chi connectivity index (χ0v) is 5.85. The zero-order valence-electron chi connectivity index (χ0n) is 5.85. The van der Waals surface area contributed by atoms with Gasteiger partial charge in [-0.3, -0.25) is 0 Å². The van der Waals surface area contributed by atoms with E-state index in [1.165, 1.54) is 9.82 Å². The monoisotopic (exact) mass is 112 g/mol. The average molecular weight is 112 g/mol. The molecule has 0 amide bonds. The maximum absolute atomic E-state index is 3.69. The normalized spacial score (nSPS) is 17.1. The van der Waals surface area contributed by atoms with Gasteiger partial charge in [-0.1, -0.05) is 0 Å². The van der Waals surface area contributed by atoms with Gasteiger partial charge in [0.15, 0.2) is 0 Å². The van der Waals surface area contributed by atoms with Crippen molar-refractivity contribution in [3.63, 3.8) is 0 Å². The second kappa shape index (κ2) is 3.10. The first kappa shape index (κ1) is 6.93. The average Bonchev–Trinajstić information content (AvgIpc) is 2.18. The van der Waals surface area contributed by atoms with Crippen molar-refractivity contribution in [2.24, 2.45) is 0 Å². The van der Waals surface area contributed by atoms with Gasteiger partial charge < -0.3 is 0 Å². The molecular weight excluding hydrogens is 103 g/mol. The van der Waals surface area contributed by atoms with Gasteiger partial charge in [-0.25, -0.2) is 0 Å². The van der Waals surface area contributed by atoms with Crippen molar-refractivity contribution >= 4 is 17.7 Å². The van der Waals surface area contributed by atoms with Crippen LogP contribution in [0.4, 0.5) is 0 Å². The molecule has 1 rings (SSSR count). The molecule has 0 nitrogen and oxygen atoms in total. The van der Waals surface area contributed by atoms with E-state index < -0.39 is 0 Å². The molecule has 0 saturated carbocycles. The molecular formula is C8H9Li. The molecule has 0 fully saturated rings. The first-order valence-electron chi connectivity index (χ1n) is 3.30. The first-order valence-corrected chi connectivity index (χ1v) is 3.30. The van der Waals surface area contributed by atoms with Crippen LogP contribution < -0.4 is 0 Å². The molecule has 1 aliphatic rings. The Morgan fingerprint density at radius 1 is 1.78 bits per heavy atom. The van der Waals surface area contributed by atoms with Crippen molar-refractivity contribution in [3.8, 4) is 0 Å². The number of rotatable bonds is 2. The van der Waals surface area contributed by atoms with Crippen LogP contribution in [-0.4, -0.2) is 17.7 Å². The topological polar surface area (TPSA) is 0 Å². The molecule has 0 spiro atoms. The van der Waals surface area contributed by atoms with Crippen molar-refractivity contribution < 1.29 is 0 Å². The van der Waals surface area contributed by atoms with E-state index >= 15 is 0 Å². The van der Waals surface area contributed by atoms with Crippen molar-refractivity contribution in [3.05, 3.63) is 34.6 Å². The van der Waals surface area contributed by atoms with Crippen LogP contribution in [0, 0.1) is 0 Å². The predicted molar refractivity (Wildman–Crippen MR) is 41.4 cm³/mol. The van der Waals surface area contributed by atoms with Gasteiger partial charge in [0.2, 0.25) is 0 Å². The van der Waals surface area contributed by atoms with Gasteiger partial charge in [0.05, 0.1) is 0 Å². The van der Waals surface area contributed by atoms with E-state index in [9.17, 15) is 0 Å². The second-order valence-corrected chi connectivity index (χ2v) is 2.40. The quantitative estimate of drug-likeness (QED) is 0.378. The summed E-state index contributed by atoms with van der Waals surface area (Å²) in [5.74, 6) is 0. The molecule has 0 bridgehead atoms. The molecule has 0 unspecified atom stereocenters. The molecule has 42 valence electrons. The van der Waals surface area contributed by atoms with Crippen molar-refractivity contribution in [1.29, 1.82) is 0 Å². The fourth-order valence-electron chi connectivity index (χ4n) is 1.05. The minimum atomic E-state index is 1.03. The standard InChI is InChI=1S/C8H9.Li/c1-2-5-8-6-3-4-7-8;/h2-3,6H,1,4-5H2;. The molecule has 1 aliphatic carbocycles. The molecule has 0 N–H and O–H groups in total. The van der Waals surface area contributed by atoms with E-state index in [0.29, 0.717) is 0 Å². The van der Waals surface area contributed by atoms with Crippen LogP contribution in [0.2, 0.25) is 0 Å². The predicted octanol–water partition coefficient (Wildman–Crippen LogP) is 1.95. The minimum absolute atomic E-state index is 1.03. The van der Waals surface area contributed by atoms with Crippen LogP contribution in [0.25, 0.3) is 0 Å². The Bertz CT molecular complexity index is 175. The SMILES string of the molecule is [Li][C]1=C(CC=C)C=CC1. The van der Waals surface area contributed by atoms with Crippen molar-refractivity contribution in [2.75, 3.05) is 0 Å². The third-order valence-corrected chi connectivity index (χ3v) is 1.66. The fourth-order valence-corrected chi connectivity index (χ4v) is 1.05.